The van der Waals surface area contributed by atoms with Crippen LogP contribution in [0, 0.1) is 0 Å². The highest BCUT2D eigenvalue weighted by Crippen LogP contribution is 2.37. The topological polar surface area (TPSA) is 77.8 Å². The van der Waals surface area contributed by atoms with Gasteiger partial charge < -0.3 is 10.3 Å². The Bertz CT molecular complexity index is 554. The van der Waals surface area contributed by atoms with E-state index in [4.69, 9.17) is 10.3 Å². The summed E-state index contributed by atoms with van der Waals surface area (Å²) in [5.41, 5.74) is 6.77. The lowest BCUT2D eigenvalue weighted by Crippen LogP contribution is -2.45. The van der Waals surface area contributed by atoms with Crippen LogP contribution in [0.3, 0.4) is 0 Å². The maximum atomic E-state index is 6.25. The molecule has 1 aliphatic rings. The van der Waals surface area contributed by atoms with Gasteiger partial charge in [-0.15, -0.1) is 0 Å². The summed E-state index contributed by atoms with van der Waals surface area (Å²) >= 11 is 0. The van der Waals surface area contributed by atoms with E-state index in [1.807, 2.05) is 18.2 Å². The van der Waals surface area contributed by atoms with Crippen molar-refractivity contribution in [3.05, 3.63) is 30.3 Å². The summed E-state index contributed by atoms with van der Waals surface area (Å²) < 4.78 is 5.45. The summed E-state index contributed by atoms with van der Waals surface area (Å²) in [5.74, 6) is 1.18. The van der Waals surface area contributed by atoms with E-state index in [0.29, 0.717) is 11.7 Å². The quantitative estimate of drug-likeness (QED) is 0.894. The summed E-state index contributed by atoms with van der Waals surface area (Å²) in [6, 6.07) is 5.73. The van der Waals surface area contributed by atoms with Crippen molar-refractivity contribution >= 4 is 0 Å². The number of nitrogens with zero attached hydrogens (tertiary/aromatic N) is 3. The molecule has 0 amide bonds. The zero-order chi connectivity index (χ0) is 13.3. The number of nitrogens with two attached hydrogens (primary N) is 1. The normalized spacial score (nSPS) is 27.4. The van der Waals surface area contributed by atoms with Crippen molar-refractivity contribution < 1.29 is 4.52 Å². The van der Waals surface area contributed by atoms with Gasteiger partial charge in [0, 0.05) is 12.2 Å². The van der Waals surface area contributed by atoms with Crippen LogP contribution in [0.25, 0.3) is 11.5 Å². The van der Waals surface area contributed by atoms with Crippen molar-refractivity contribution in [3.63, 3.8) is 0 Å². The van der Waals surface area contributed by atoms with Crippen molar-refractivity contribution in [2.24, 2.45) is 5.73 Å². The van der Waals surface area contributed by atoms with Crippen LogP contribution >= 0.6 is 0 Å². The fourth-order valence-corrected chi connectivity index (χ4v) is 2.68. The van der Waals surface area contributed by atoms with Gasteiger partial charge in [0.2, 0.25) is 11.7 Å². The summed E-state index contributed by atoms with van der Waals surface area (Å²) in [6.07, 6.45) is 6.07. The van der Waals surface area contributed by atoms with Crippen LogP contribution in [0.1, 0.15) is 38.5 Å². The highest BCUT2D eigenvalue weighted by molar-refractivity contribution is 5.47. The first kappa shape index (κ1) is 12.3. The molecule has 0 radical (unpaired) electrons. The predicted octanol–water partition coefficient (Wildman–Crippen LogP) is 2.29. The molecule has 0 saturated heterocycles. The van der Waals surface area contributed by atoms with E-state index in [9.17, 15) is 0 Å². The van der Waals surface area contributed by atoms with Crippen LogP contribution < -0.4 is 5.73 Å². The van der Waals surface area contributed by atoms with Gasteiger partial charge in [-0.1, -0.05) is 24.1 Å². The van der Waals surface area contributed by atoms with Crippen molar-refractivity contribution in [1.29, 1.82) is 0 Å². The zero-order valence-corrected chi connectivity index (χ0v) is 11.0. The Hall–Kier alpha value is -1.75. The molecule has 2 unspecified atom stereocenters. The molecule has 0 spiro atoms. The van der Waals surface area contributed by atoms with Crippen molar-refractivity contribution in [3.8, 4) is 11.5 Å². The first-order chi connectivity index (χ1) is 9.20. The SMILES string of the molecule is CC1(c2nc(-c3ccccn3)no2)CCCCC1N. The largest absolute Gasteiger partial charge is 0.338 e. The Morgan fingerprint density at radius 2 is 2.26 bits per heavy atom. The second-order valence-corrected chi connectivity index (χ2v) is 5.41. The minimum absolute atomic E-state index is 0.0817. The zero-order valence-electron chi connectivity index (χ0n) is 11.0. The number of hydrogen-bond donors (Lipinski definition) is 1. The molecule has 0 aromatic carbocycles. The average Bonchev–Trinajstić information content (AvgIpc) is 2.94. The molecule has 2 aromatic heterocycles. The van der Waals surface area contributed by atoms with Gasteiger partial charge in [-0.3, -0.25) is 4.98 Å². The lowest BCUT2D eigenvalue weighted by Gasteiger charge is -2.35. The summed E-state index contributed by atoms with van der Waals surface area (Å²) in [4.78, 5) is 8.74. The minimum atomic E-state index is -0.210. The maximum absolute atomic E-state index is 6.25. The molecule has 0 bridgehead atoms. The second kappa shape index (κ2) is 4.74. The highest BCUT2D eigenvalue weighted by Gasteiger charge is 2.40. The number of pyridine rings is 1. The molecule has 19 heavy (non-hydrogen) atoms. The van der Waals surface area contributed by atoms with Crippen molar-refractivity contribution in [2.75, 3.05) is 0 Å². The summed E-state index contributed by atoms with van der Waals surface area (Å²) in [6.45, 7) is 2.12. The van der Waals surface area contributed by atoms with Gasteiger partial charge in [-0.2, -0.15) is 4.98 Å². The molecule has 2 N–H and O–H groups in total. The Kier molecular flexibility index (Phi) is 3.06. The second-order valence-electron chi connectivity index (χ2n) is 5.41. The van der Waals surface area contributed by atoms with E-state index in [2.05, 4.69) is 22.0 Å². The number of aromatic nitrogens is 3. The average molecular weight is 258 g/mol. The lowest BCUT2D eigenvalue weighted by atomic mass is 9.72. The van der Waals surface area contributed by atoms with Crippen LogP contribution in [-0.2, 0) is 5.41 Å². The fourth-order valence-electron chi connectivity index (χ4n) is 2.68. The minimum Gasteiger partial charge on any atom is -0.338 e. The first-order valence-corrected chi connectivity index (χ1v) is 6.71. The third kappa shape index (κ3) is 2.14. The van der Waals surface area contributed by atoms with Crippen LogP contribution in [-0.4, -0.2) is 21.2 Å². The molecule has 0 aliphatic heterocycles. The Morgan fingerprint density at radius 3 is 3.00 bits per heavy atom. The molecule has 1 fully saturated rings. The van der Waals surface area contributed by atoms with E-state index in [1.54, 1.807) is 6.20 Å². The van der Waals surface area contributed by atoms with Crippen LogP contribution in [0.5, 0.6) is 0 Å². The standard InChI is InChI=1S/C14H18N4O/c1-14(8-4-2-7-11(14)15)13-17-12(18-19-13)10-6-3-5-9-16-10/h3,5-6,9,11H,2,4,7-8,15H2,1H3. The number of rotatable bonds is 2. The third-order valence-corrected chi connectivity index (χ3v) is 4.09. The van der Waals surface area contributed by atoms with Crippen LogP contribution in [0.4, 0.5) is 0 Å². The Balaban J connectivity index is 1.93. The lowest BCUT2D eigenvalue weighted by molar-refractivity contribution is 0.203. The van der Waals surface area contributed by atoms with Gasteiger partial charge in [0.1, 0.15) is 5.69 Å². The van der Waals surface area contributed by atoms with E-state index in [0.717, 1.165) is 25.0 Å². The van der Waals surface area contributed by atoms with Crippen molar-refractivity contribution in [1.82, 2.24) is 15.1 Å². The van der Waals surface area contributed by atoms with Gasteiger partial charge in [0.15, 0.2) is 0 Å². The van der Waals surface area contributed by atoms with Crippen LogP contribution in [0.15, 0.2) is 28.9 Å². The fraction of sp³-hybridized carbons (Fsp3) is 0.500. The summed E-state index contributed by atoms with van der Waals surface area (Å²) in [7, 11) is 0. The predicted molar refractivity (Wildman–Crippen MR) is 71.3 cm³/mol. The monoisotopic (exact) mass is 258 g/mol. The molecule has 5 nitrogen and oxygen atoms in total. The van der Waals surface area contributed by atoms with Gasteiger partial charge in [-0.05, 0) is 31.9 Å². The smallest absolute Gasteiger partial charge is 0.234 e. The molecule has 5 heteroatoms. The van der Waals surface area contributed by atoms with E-state index < -0.39 is 0 Å². The van der Waals surface area contributed by atoms with E-state index >= 15 is 0 Å². The molecule has 2 aromatic rings. The highest BCUT2D eigenvalue weighted by atomic mass is 16.5. The maximum Gasteiger partial charge on any atom is 0.234 e. The molecule has 1 saturated carbocycles. The molecule has 2 heterocycles. The Labute approximate surface area is 112 Å². The van der Waals surface area contributed by atoms with Gasteiger partial charge in [0.25, 0.3) is 0 Å². The van der Waals surface area contributed by atoms with Crippen molar-refractivity contribution in [2.45, 2.75) is 44.1 Å². The summed E-state index contributed by atoms with van der Waals surface area (Å²) in [5, 5.41) is 4.04. The molecular weight excluding hydrogens is 240 g/mol. The van der Waals surface area contributed by atoms with Gasteiger partial charge in [0.05, 0.1) is 5.41 Å². The Morgan fingerprint density at radius 1 is 1.37 bits per heavy atom. The molecule has 100 valence electrons. The van der Waals surface area contributed by atoms with Crippen LogP contribution in [0.2, 0.25) is 0 Å². The molecule has 3 rings (SSSR count). The molecular formula is C14H18N4O. The number of hydrogen-bond acceptors (Lipinski definition) is 5. The van der Waals surface area contributed by atoms with Gasteiger partial charge in [-0.25, -0.2) is 0 Å². The van der Waals surface area contributed by atoms with E-state index in [-0.39, 0.29) is 11.5 Å². The van der Waals surface area contributed by atoms with E-state index in [1.165, 1.54) is 6.42 Å². The third-order valence-electron chi connectivity index (χ3n) is 4.09. The first-order valence-electron chi connectivity index (χ1n) is 6.71. The molecule has 1 aliphatic carbocycles. The molecule has 2 atom stereocenters. The van der Waals surface area contributed by atoms with Gasteiger partial charge >= 0.3 is 0 Å².